The molecule has 0 aromatic rings. The van der Waals surface area contributed by atoms with Crippen molar-refractivity contribution in [1.29, 1.82) is 0 Å². The summed E-state index contributed by atoms with van der Waals surface area (Å²) in [5, 5.41) is 19.4. The number of unbranched alkanes of at least 4 members (excludes halogenated alkanes) is 15. The summed E-state index contributed by atoms with van der Waals surface area (Å²) in [7, 11) is 0. The molecule has 0 heterocycles. The van der Waals surface area contributed by atoms with Gasteiger partial charge < -0.3 is 10.2 Å². The second-order valence-corrected chi connectivity index (χ2v) is 9.77. The zero-order valence-electron chi connectivity index (χ0n) is 22.3. The molecule has 0 aromatic heterocycles. The highest BCUT2D eigenvalue weighted by molar-refractivity contribution is 4.57. The van der Waals surface area contributed by atoms with E-state index in [0.717, 1.165) is 25.7 Å². The van der Waals surface area contributed by atoms with Crippen LogP contribution in [0, 0.1) is 0 Å². The van der Waals surface area contributed by atoms with Gasteiger partial charge in [-0.2, -0.15) is 0 Å². The van der Waals surface area contributed by atoms with Gasteiger partial charge in [-0.05, 0) is 25.7 Å². The van der Waals surface area contributed by atoms with Crippen LogP contribution in [0.3, 0.4) is 0 Å². The lowest BCUT2D eigenvalue weighted by atomic mass is 10.0. The Morgan fingerprint density at radius 2 is 0.548 bits per heavy atom. The van der Waals surface area contributed by atoms with E-state index in [-0.39, 0.29) is 12.2 Å². The average molecular weight is 443 g/mol. The van der Waals surface area contributed by atoms with Crippen LogP contribution < -0.4 is 0 Å². The van der Waals surface area contributed by atoms with Crippen molar-refractivity contribution in [3.63, 3.8) is 0 Å². The minimum absolute atomic E-state index is 0.0248. The van der Waals surface area contributed by atoms with Crippen LogP contribution in [0.5, 0.6) is 0 Å². The molecule has 0 aliphatic rings. The SMILES string of the molecule is CCCCCCCC(O)CCCCCCC.CCCCCCCCCC(O)CCCC. The molecule has 0 saturated heterocycles. The van der Waals surface area contributed by atoms with Crippen molar-refractivity contribution in [3.05, 3.63) is 0 Å². The van der Waals surface area contributed by atoms with E-state index < -0.39 is 0 Å². The van der Waals surface area contributed by atoms with Gasteiger partial charge in [0.25, 0.3) is 0 Å². The molecule has 0 aromatic carbocycles. The zero-order chi connectivity index (χ0) is 23.4. The predicted octanol–water partition coefficient (Wildman–Crippen LogP) is 9.75. The third-order valence-electron chi connectivity index (χ3n) is 6.31. The van der Waals surface area contributed by atoms with E-state index in [1.165, 1.54) is 122 Å². The van der Waals surface area contributed by atoms with Gasteiger partial charge in [0.05, 0.1) is 12.2 Å². The number of hydrogen-bond donors (Lipinski definition) is 2. The summed E-state index contributed by atoms with van der Waals surface area (Å²) < 4.78 is 0. The number of hydrogen-bond acceptors (Lipinski definition) is 2. The molecule has 0 rings (SSSR count). The first-order chi connectivity index (χ1) is 15.1. The van der Waals surface area contributed by atoms with Gasteiger partial charge in [-0.3, -0.25) is 0 Å². The van der Waals surface area contributed by atoms with Gasteiger partial charge in [0.2, 0.25) is 0 Å². The first-order valence-corrected chi connectivity index (χ1v) is 14.5. The molecule has 0 amide bonds. The standard InChI is InChI=1S/C15H32O.C14H30O/c1-3-5-7-9-11-13-15(16)14-12-10-8-6-4-2;1-3-5-7-8-9-10-11-13-14(15)12-6-4-2/h15-16H,3-14H2,1-2H3;14-15H,3-13H2,1-2H3. The van der Waals surface area contributed by atoms with Crippen LogP contribution in [-0.2, 0) is 0 Å². The summed E-state index contributed by atoms with van der Waals surface area (Å²) in [6, 6.07) is 0. The van der Waals surface area contributed by atoms with Crippen molar-refractivity contribution in [3.8, 4) is 0 Å². The quantitative estimate of drug-likeness (QED) is 0.155. The fourth-order valence-corrected chi connectivity index (χ4v) is 4.03. The van der Waals surface area contributed by atoms with E-state index in [2.05, 4.69) is 27.7 Å². The van der Waals surface area contributed by atoms with E-state index in [9.17, 15) is 10.2 Å². The van der Waals surface area contributed by atoms with Crippen LogP contribution in [0.25, 0.3) is 0 Å². The minimum atomic E-state index is -0.0272. The fourth-order valence-electron chi connectivity index (χ4n) is 4.03. The molecule has 0 saturated carbocycles. The van der Waals surface area contributed by atoms with Crippen LogP contribution in [-0.4, -0.2) is 22.4 Å². The molecular formula is C29H62O2. The first-order valence-electron chi connectivity index (χ1n) is 14.5. The van der Waals surface area contributed by atoms with Crippen molar-refractivity contribution < 1.29 is 10.2 Å². The largest absolute Gasteiger partial charge is 0.393 e. The third-order valence-corrected chi connectivity index (χ3v) is 6.31. The Labute approximate surface area is 198 Å². The Morgan fingerprint density at radius 1 is 0.323 bits per heavy atom. The number of rotatable bonds is 23. The van der Waals surface area contributed by atoms with E-state index >= 15 is 0 Å². The maximum Gasteiger partial charge on any atom is 0.0540 e. The Morgan fingerprint density at radius 3 is 0.839 bits per heavy atom. The maximum atomic E-state index is 9.76. The van der Waals surface area contributed by atoms with Crippen molar-refractivity contribution in [2.75, 3.05) is 0 Å². The predicted molar refractivity (Wildman–Crippen MR) is 141 cm³/mol. The van der Waals surface area contributed by atoms with Gasteiger partial charge in [0, 0.05) is 0 Å². The van der Waals surface area contributed by atoms with Crippen LogP contribution in [0.1, 0.15) is 175 Å². The van der Waals surface area contributed by atoms with Crippen molar-refractivity contribution >= 4 is 0 Å². The molecule has 1 atom stereocenters. The molecule has 2 heteroatoms. The molecular weight excluding hydrogens is 380 g/mol. The summed E-state index contributed by atoms with van der Waals surface area (Å²) in [6.07, 6.45) is 28.9. The van der Waals surface area contributed by atoms with Gasteiger partial charge in [-0.15, -0.1) is 0 Å². The molecule has 0 aliphatic carbocycles. The highest BCUT2D eigenvalue weighted by Crippen LogP contribution is 2.14. The van der Waals surface area contributed by atoms with Gasteiger partial charge in [-0.1, -0.05) is 150 Å². The monoisotopic (exact) mass is 442 g/mol. The molecule has 0 aliphatic heterocycles. The molecule has 0 bridgehead atoms. The van der Waals surface area contributed by atoms with E-state index in [0.29, 0.717) is 0 Å². The second kappa shape index (κ2) is 29.9. The summed E-state index contributed by atoms with van der Waals surface area (Å²) in [6.45, 7) is 8.92. The van der Waals surface area contributed by atoms with E-state index in [4.69, 9.17) is 0 Å². The number of aliphatic hydroxyl groups excluding tert-OH is 2. The summed E-state index contributed by atoms with van der Waals surface area (Å²) in [5.41, 5.74) is 0. The Hall–Kier alpha value is -0.0800. The van der Waals surface area contributed by atoms with Gasteiger partial charge in [-0.25, -0.2) is 0 Å². The van der Waals surface area contributed by atoms with E-state index in [1.807, 2.05) is 0 Å². The Bertz CT molecular complexity index is 278. The maximum absolute atomic E-state index is 9.76. The van der Waals surface area contributed by atoms with Crippen molar-refractivity contribution in [1.82, 2.24) is 0 Å². The van der Waals surface area contributed by atoms with Gasteiger partial charge in [0.1, 0.15) is 0 Å². The minimum Gasteiger partial charge on any atom is -0.393 e. The van der Waals surface area contributed by atoms with Crippen LogP contribution >= 0.6 is 0 Å². The molecule has 31 heavy (non-hydrogen) atoms. The summed E-state index contributed by atoms with van der Waals surface area (Å²) >= 11 is 0. The highest BCUT2D eigenvalue weighted by atomic mass is 16.3. The molecule has 0 radical (unpaired) electrons. The van der Waals surface area contributed by atoms with Crippen molar-refractivity contribution in [2.45, 2.75) is 188 Å². The van der Waals surface area contributed by atoms with Crippen molar-refractivity contribution in [2.24, 2.45) is 0 Å². The fraction of sp³-hybridized carbons (Fsp3) is 1.00. The summed E-state index contributed by atoms with van der Waals surface area (Å²) in [5.74, 6) is 0. The third kappa shape index (κ3) is 32.2. The summed E-state index contributed by atoms with van der Waals surface area (Å²) in [4.78, 5) is 0. The van der Waals surface area contributed by atoms with Crippen LogP contribution in [0.4, 0.5) is 0 Å². The molecule has 190 valence electrons. The van der Waals surface area contributed by atoms with Crippen LogP contribution in [0.15, 0.2) is 0 Å². The Kier molecular flexibility index (Phi) is 31.9. The lowest BCUT2D eigenvalue weighted by Crippen LogP contribution is -2.05. The first kappa shape index (κ1) is 33.1. The topological polar surface area (TPSA) is 40.5 Å². The van der Waals surface area contributed by atoms with Crippen LogP contribution in [0.2, 0.25) is 0 Å². The van der Waals surface area contributed by atoms with E-state index in [1.54, 1.807) is 0 Å². The second-order valence-electron chi connectivity index (χ2n) is 9.77. The van der Waals surface area contributed by atoms with Gasteiger partial charge in [0.15, 0.2) is 0 Å². The van der Waals surface area contributed by atoms with Gasteiger partial charge >= 0.3 is 0 Å². The average Bonchev–Trinajstić information content (AvgIpc) is 2.77. The molecule has 0 fully saturated rings. The Balaban J connectivity index is 0. The normalized spacial score (nSPS) is 12.1. The zero-order valence-corrected chi connectivity index (χ0v) is 22.3. The molecule has 0 spiro atoms. The highest BCUT2D eigenvalue weighted by Gasteiger charge is 2.03. The molecule has 2 nitrogen and oxygen atoms in total. The lowest BCUT2D eigenvalue weighted by molar-refractivity contribution is 0.147. The molecule has 2 N–H and O–H groups in total. The molecule has 1 unspecified atom stereocenters. The number of aliphatic hydroxyl groups is 2. The smallest absolute Gasteiger partial charge is 0.0540 e. The lowest BCUT2D eigenvalue weighted by Gasteiger charge is -2.09.